The second-order valence-corrected chi connectivity index (χ2v) is 5.66. The van der Waals surface area contributed by atoms with Crippen LogP contribution < -0.4 is 10.5 Å². The van der Waals surface area contributed by atoms with Crippen LogP contribution in [0, 0.1) is 5.92 Å². The maximum Gasteiger partial charge on any atom is 0.119 e. The van der Waals surface area contributed by atoms with Crippen LogP contribution in [0.5, 0.6) is 5.75 Å². The molecule has 0 aromatic heterocycles. The molecule has 1 aliphatic rings. The van der Waals surface area contributed by atoms with Gasteiger partial charge in [0.2, 0.25) is 0 Å². The van der Waals surface area contributed by atoms with E-state index in [1.807, 2.05) is 24.3 Å². The second kappa shape index (κ2) is 7.62. The van der Waals surface area contributed by atoms with Gasteiger partial charge in [0.1, 0.15) is 5.75 Å². The first-order valence-electron chi connectivity index (χ1n) is 7.48. The van der Waals surface area contributed by atoms with Crippen molar-refractivity contribution < 1.29 is 14.9 Å². The molecule has 0 amide bonds. The largest absolute Gasteiger partial charge is 0.493 e. The fraction of sp³-hybridized carbons (Fsp3) is 0.625. The summed E-state index contributed by atoms with van der Waals surface area (Å²) >= 11 is 0. The average Bonchev–Trinajstić information content (AvgIpc) is 2.46. The fourth-order valence-corrected chi connectivity index (χ4v) is 2.76. The summed E-state index contributed by atoms with van der Waals surface area (Å²) in [7, 11) is 0. The van der Waals surface area contributed by atoms with Gasteiger partial charge in [-0.05, 0) is 55.8 Å². The minimum Gasteiger partial charge on any atom is -0.493 e. The summed E-state index contributed by atoms with van der Waals surface area (Å²) in [4.78, 5) is 0. The van der Waals surface area contributed by atoms with Crippen molar-refractivity contribution >= 4 is 0 Å². The first-order valence-corrected chi connectivity index (χ1v) is 7.48. The molecule has 0 radical (unpaired) electrons. The van der Waals surface area contributed by atoms with Gasteiger partial charge < -0.3 is 20.7 Å². The standard InChI is InChI=1S/C16H25NO3/c17-8-7-16(19)13-4-2-6-15(10-13)20-11-12-3-1-5-14(18)9-12/h2,4,6,10,12,14,16,18-19H,1,3,5,7-9,11,17H2. The highest BCUT2D eigenvalue weighted by Crippen LogP contribution is 2.26. The molecule has 20 heavy (non-hydrogen) atoms. The Morgan fingerprint density at radius 1 is 1.35 bits per heavy atom. The topological polar surface area (TPSA) is 75.7 Å². The first-order chi connectivity index (χ1) is 9.69. The van der Waals surface area contributed by atoms with Crippen molar-refractivity contribution in [3.63, 3.8) is 0 Å². The van der Waals surface area contributed by atoms with Crippen LogP contribution in [0.25, 0.3) is 0 Å². The summed E-state index contributed by atoms with van der Waals surface area (Å²) in [5, 5.41) is 19.6. The summed E-state index contributed by atoms with van der Waals surface area (Å²) in [6, 6.07) is 7.55. The lowest BCUT2D eigenvalue weighted by Gasteiger charge is -2.25. The quantitative estimate of drug-likeness (QED) is 0.744. The van der Waals surface area contributed by atoms with Gasteiger partial charge in [-0.15, -0.1) is 0 Å². The van der Waals surface area contributed by atoms with Crippen LogP contribution >= 0.6 is 0 Å². The molecule has 4 nitrogen and oxygen atoms in total. The highest BCUT2D eigenvalue weighted by molar-refractivity contribution is 5.29. The molecule has 0 spiro atoms. The highest BCUT2D eigenvalue weighted by Gasteiger charge is 2.20. The molecule has 1 aromatic rings. The number of ether oxygens (including phenoxy) is 1. The zero-order valence-electron chi connectivity index (χ0n) is 11.9. The Morgan fingerprint density at radius 3 is 2.95 bits per heavy atom. The van der Waals surface area contributed by atoms with E-state index in [1.165, 1.54) is 0 Å². The van der Waals surface area contributed by atoms with Gasteiger partial charge in [0.25, 0.3) is 0 Å². The van der Waals surface area contributed by atoms with Crippen LogP contribution in [-0.4, -0.2) is 29.5 Å². The summed E-state index contributed by atoms with van der Waals surface area (Å²) in [6.45, 7) is 1.10. The van der Waals surface area contributed by atoms with E-state index in [4.69, 9.17) is 10.5 Å². The van der Waals surface area contributed by atoms with E-state index in [9.17, 15) is 10.2 Å². The summed E-state index contributed by atoms with van der Waals surface area (Å²) < 4.78 is 5.81. The first kappa shape index (κ1) is 15.3. The zero-order chi connectivity index (χ0) is 14.4. The van der Waals surface area contributed by atoms with Crippen molar-refractivity contribution in [2.24, 2.45) is 11.7 Å². The van der Waals surface area contributed by atoms with Gasteiger partial charge in [-0.25, -0.2) is 0 Å². The molecule has 4 N–H and O–H groups in total. The average molecular weight is 279 g/mol. The zero-order valence-corrected chi connectivity index (χ0v) is 11.9. The number of nitrogens with two attached hydrogens (primary N) is 1. The number of aliphatic hydroxyl groups excluding tert-OH is 2. The number of hydrogen-bond donors (Lipinski definition) is 3. The van der Waals surface area contributed by atoms with Gasteiger partial charge in [-0.2, -0.15) is 0 Å². The Hall–Kier alpha value is -1.10. The van der Waals surface area contributed by atoms with E-state index in [1.54, 1.807) is 0 Å². The van der Waals surface area contributed by atoms with Gasteiger partial charge in [0, 0.05) is 0 Å². The molecule has 1 aromatic carbocycles. The van der Waals surface area contributed by atoms with E-state index in [0.717, 1.165) is 37.0 Å². The van der Waals surface area contributed by atoms with E-state index in [2.05, 4.69) is 0 Å². The highest BCUT2D eigenvalue weighted by atomic mass is 16.5. The molecule has 0 saturated heterocycles. The molecule has 112 valence electrons. The molecular formula is C16H25NO3. The van der Waals surface area contributed by atoms with Gasteiger partial charge in [-0.3, -0.25) is 0 Å². The molecule has 3 atom stereocenters. The van der Waals surface area contributed by atoms with Crippen molar-refractivity contribution in [1.82, 2.24) is 0 Å². The van der Waals surface area contributed by atoms with E-state index in [0.29, 0.717) is 25.5 Å². The van der Waals surface area contributed by atoms with Gasteiger partial charge in [0.15, 0.2) is 0 Å². The minimum absolute atomic E-state index is 0.171. The molecule has 0 heterocycles. The second-order valence-electron chi connectivity index (χ2n) is 5.66. The van der Waals surface area contributed by atoms with Gasteiger partial charge in [-0.1, -0.05) is 18.6 Å². The van der Waals surface area contributed by atoms with Gasteiger partial charge in [0.05, 0.1) is 18.8 Å². The summed E-state index contributed by atoms with van der Waals surface area (Å²) in [5.74, 6) is 1.20. The van der Waals surface area contributed by atoms with E-state index < -0.39 is 6.10 Å². The molecule has 1 fully saturated rings. The molecule has 1 saturated carbocycles. The maximum atomic E-state index is 9.93. The van der Waals surface area contributed by atoms with Crippen LogP contribution in [0.4, 0.5) is 0 Å². The molecule has 1 aliphatic carbocycles. The fourth-order valence-electron chi connectivity index (χ4n) is 2.76. The third-order valence-electron chi connectivity index (χ3n) is 3.92. The van der Waals surface area contributed by atoms with Crippen molar-refractivity contribution in [2.75, 3.05) is 13.2 Å². The lowest BCUT2D eigenvalue weighted by molar-refractivity contribution is 0.0809. The number of aliphatic hydroxyl groups is 2. The number of hydrogen-bond acceptors (Lipinski definition) is 4. The van der Waals surface area contributed by atoms with Crippen molar-refractivity contribution in [1.29, 1.82) is 0 Å². The Balaban J connectivity index is 1.87. The monoisotopic (exact) mass is 279 g/mol. The normalized spacial score (nSPS) is 24.4. The van der Waals surface area contributed by atoms with Crippen LogP contribution in [0.2, 0.25) is 0 Å². The van der Waals surface area contributed by atoms with Crippen LogP contribution in [-0.2, 0) is 0 Å². The number of rotatable bonds is 6. The third-order valence-corrected chi connectivity index (χ3v) is 3.92. The molecule has 2 rings (SSSR count). The number of benzene rings is 1. The summed E-state index contributed by atoms with van der Waals surface area (Å²) in [6.07, 6.45) is 3.79. The minimum atomic E-state index is -0.528. The van der Waals surface area contributed by atoms with Crippen LogP contribution in [0.3, 0.4) is 0 Å². The predicted molar refractivity (Wildman–Crippen MR) is 78.5 cm³/mol. The Kier molecular flexibility index (Phi) is 5.83. The van der Waals surface area contributed by atoms with Crippen molar-refractivity contribution in [3.8, 4) is 5.75 Å². The van der Waals surface area contributed by atoms with Crippen molar-refractivity contribution in [3.05, 3.63) is 29.8 Å². The third kappa shape index (κ3) is 4.47. The summed E-state index contributed by atoms with van der Waals surface area (Å²) in [5.41, 5.74) is 6.30. The SMILES string of the molecule is NCCC(O)c1cccc(OCC2CCCC(O)C2)c1. The van der Waals surface area contributed by atoms with Crippen LogP contribution in [0.1, 0.15) is 43.8 Å². The smallest absolute Gasteiger partial charge is 0.119 e. The van der Waals surface area contributed by atoms with E-state index >= 15 is 0 Å². The molecule has 3 unspecified atom stereocenters. The molecule has 0 aliphatic heterocycles. The Bertz CT molecular complexity index is 410. The maximum absolute atomic E-state index is 9.93. The molecular weight excluding hydrogens is 254 g/mol. The molecule has 0 bridgehead atoms. The Morgan fingerprint density at radius 2 is 2.20 bits per heavy atom. The Labute approximate surface area is 120 Å². The van der Waals surface area contributed by atoms with Gasteiger partial charge >= 0.3 is 0 Å². The predicted octanol–water partition coefficient (Wildman–Crippen LogP) is 2.00. The van der Waals surface area contributed by atoms with Crippen molar-refractivity contribution in [2.45, 2.75) is 44.3 Å². The molecule has 4 heteroatoms. The van der Waals surface area contributed by atoms with Crippen LogP contribution in [0.15, 0.2) is 24.3 Å². The lowest BCUT2D eigenvalue weighted by atomic mass is 9.88. The van der Waals surface area contributed by atoms with E-state index in [-0.39, 0.29) is 6.10 Å². The lowest BCUT2D eigenvalue weighted by Crippen LogP contribution is -2.24.